The minimum Gasteiger partial charge on any atom is -0.386 e. The molecule has 22 heavy (non-hydrogen) atoms. The van der Waals surface area contributed by atoms with Gasteiger partial charge in [0.15, 0.2) is 0 Å². The van der Waals surface area contributed by atoms with Gasteiger partial charge in [-0.3, -0.25) is 0 Å². The predicted octanol–water partition coefficient (Wildman–Crippen LogP) is 2.33. The molecule has 0 spiro atoms. The summed E-state index contributed by atoms with van der Waals surface area (Å²) >= 11 is 0. The van der Waals surface area contributed by atoms with Gasteiger partial charge in [-0.2, -0.15) is 13.2 Å². The van der Waals surface area contributed by atoms with Gasteiger partial charge in [0.2, 0.25) is 0 Å². The molecule has 4 nitrogen and oxygen atoms in total. The van der Waals surface area contributed by atoms with Crippen LogP contribution in [0, 0.1) is 0 Å². The molecule has 2 amide bonds. The van der Waals surface area contributed by atoms with Crippen molar-refractivity contribution in [2.45, 2.75) is 37.6 Å². The average Bonchev–Trinajstić information content (AvgIpc) is 2.43. The summed E-state index contributed by atoms with van der Waals surface area (Å²) in [5, 5.41) is 11.8. The van der Waals surface area contributed by atoms with E-state index in [2.05, 4.69) is 0 Å². The number of nitrogens with zero attached hydrogens (tertiary/aromatic N) is 1. The molecule has 122 valence electrons. The summed E-state index contributed by atoms with van der Waals surface area (Å²) in [6.07, 6.45) is -4.39. The predicted molar refractivity (Wildman–Crippen MR) is 75.3 cm³/mol. The number of alkyl halides is 3. The largest absolute Gasteiger partial charge is 0.408 e. The maximum atomic E-state index is 13.1. The van der Waals surface area contributed by atoms with E-state index in [1.807, 2.05) is 5.32 Å². The quantitative estimate of drug-likeness (QED) is 0.896. The molecule has 1 unspecified atom stereocenters. The van der Waals surface area contributed by atoms with Crippen molar-refractivity contribution in [1.82, 2.24) is 10.2 Å². The van der Waals surface area contributed by atoms with Gasteiger partial charge in [-0.05, 0) is 12.0 Å². The van der Waals surface area contributed by atoms with Gasteiger partial charge in [-0.15, -0.1) is 0 Å². The Morgan fingerprint density at radius 2 is 1.95 bits per heavy atom. The molecule has 1 aliphatic rings. The number of benzene rings is 1. The van der Waals surface area contributed by atoms with Crippen LogP contribution in [-0.4, -0.2) is 46.9 Å². The lowest BCUT2D eigenvalue weighted by atomic mass is 9.92. The first-order chi connectivity index (χ1) is 10.2. The molecule has 1 aliphatic heterocycles. The van der Waals surface area contributed by atoms with Crippen LogP contribution in [0.2, 0.25) is 0 Å². The molecule has 1 heterocycles. The SMILES string of the molecule is CCC1(O)CN(C(=O)NC(Cc2ccccc2)C(F)(F)F)C1. The van der Waals surface area contributed by atoms with E-state index in [-0.39, 0.29) is 19.5 Å². The lowest BCUT2D eigenvalue weighted by molar-refractivity contribution is -0.154. The number of urea groups is 1. The Labute approximate surface area is 126 Å². The maximum absolute atomic E-state index is 13.1. The molecule has 2 rings (SSSR count). The second-order valence-corrected chi connectivity index (χ2v) is 5.67. The van der Waals surface area contributed by atoms with E-state index >= 15 is 0 Å². The summed E-state index contributed by atoms with van der Waals surface area (Å²) in [4.78, 5) is 13.1. The number of rotatable bonds is 4. The van der Waals surface area contributed by atoms with Crippen LogP contribution in [0.15, 0.2) is 30.3 Å². The average molecular weight is 316 g/mol. The van der Waals surface area contributed by atoms with Crippen LogP contribution in [0.3, 0.4) is 0 Å². The lowest BCUT2D eigenvalue weighted by Crippen LogP contribution is -2.66. The van der Waals surface area contributed by atoms with Crippen molar-refractivity contribution in [2.24, 2.45) is 0 Å². The highest BCUT2D eigenvalue weighted by atomic mass is 19.4. The number of carbonyl (C=O) groups is 1. The van der Waals surface area contributed by atoms with E-state index in [0.717, 1.165) is 0 Å². The Balaban J connectivity index is 1.98. The monoisotopic (exact) mass is 316 g/mol. The summed E-state index contributed by atoms with van der Waals surface area (Å²) in [5.41, 5.74) is -0.469. The van der Waals surface area contributed by atoms with Crippen LogP contribution in [0.4, 0.5) is 18.0 Å². The van der Waals surface area contributed by atoms with Gasteiger partial charge in [0.1, 0.15) is 6.04 Å². The van der Waals surface area contributed by atoms with Crippen molar-refractivity contribution in [1.29, 1.82) is 0 Å². The van der Waals surface area contributed by atoms with Crippen LogP contribution in [0.25, 0.3) is 0 Å². The third kappa shape index (κ3) is 3.91. The summed E-state index contributed by atoms with van der Waals surface area (Å²) in [6.45, 7) is 1.89. The zero-order chi connectivity index (χ0) is 16.4. The summed E-state index contributed by atoms with van der Waals surface area (Å²) in [6, 6.07) is 5.46. The number of carbonyl (C=O) groups excluding carboxylic acids is 1. The van der Waals surface area contributed by atoms with E-state index in [1.165, 1.54) is 4.90 Å². The molecule has 0 aliphatic carbocycles. The van der Waals surface area contributed by atoms with Crippen molar-refractivity contribution in [3.63, 3.8) is 0 Å². The van der Waals surface area contributed by atoms with Gasteiger partial charge in [0.25, 0.3) is 0 Å². The van der Waals surface area contributed by atoms with Crippen LogP contribution >= 0.6 is 0 Å². The fourth-order valence-electron chi connectivity index (χ4n) is 2.37. The molecule has 0 bridgehead atoms. The molecule has 7 heteroatoms. The number of amides is 2. The highest BCUT2D eigenvalue weighted by molar-refractivity contribution is 5.76. The molecule has 0 radical (unpaired) electrons. The summed E-state index contributed by atoms with van der Waals surface area (Å²) < 4.78 is 39.3. The Bertz CT molecular complexity index is 513. The van der Waals surface area contributed by atoms with Crippen molar-refractivity contribution < 1.29 is 23.1 Å². The first-order valence-corrected chi connectivity index (χ1v) is 7.12. The third-order valence-electron chi connectivity index (χ3n) is 3.89. The molecule has 1 aromatic carbocycles. The number of halogens is 3. The minimum absolute atomic E-state index is 0.0608. The molecule has 0 saturated carbocycles. The standard InChI is InChI=1S/C15H19F3N2O2/c1-2-14(22)9-20(10-14)13(21)19-12(15(16,17)18)8-11-6-4-3-5-7-11/h3-7,12,22H,2,8-10H2,1H3,(H,19,21). The van der Waals surface area contributed by atoms with Gasteiger partial charge >= 0.3 is 12.2 Å². The zero-order valence-corrected chi connectivity index (χ0v) is 12.2. The van der Waals surface area contributed by atoms with Gasteiger partial charge in [0.05, 0.1) is 18.7 Å². The Kier molecular flexibility index (Phi) is 4.65. The molecule has 0 aromatic heterocycles. The first kappa shape index (κ1) is 16.6. The van der Waals surface area contributed by atoms with E-state index in [9.17, 15) is 23.1 Å². The number of hydrogen-bond donors (Lipinski definition) is 2. The lowest BCUT2D eigenvalue weighted by Gasteiger charge is -2.46. The summed E-state index contributed by atoms with van der Waals surface area (Å²) in [7, 11) is 0. The van der Waals surface area contributed by atoms with Gasteiger partial charge in [-0.1, -0.05) is 37.3 Å². The first-order valence-electron chi connectivity index (χ1n) is 7.12. The normalized spacial score (nSPS) is 18.5. The van der Waals surface area contributed by atoms with Gasteiger partial charge < -0.3 is 15.3 Å². The zero-order valence-electron chi connectivity index (χ0n) is 12.2. The minimum atomic E-state index is -4.53. The van der Waals surface area contributed by atoms with E-state index < -0.39 is 23.9 Å². The molecule has 1 fully saturated rings. The van der Waals surface area contributed by atoms with Crippen molar-refractivity contribution in [3.8, 4) is 0 Å². The molecule has 1 aromatic rings. The fourth-order valence-corrected chi connectivity index (χ4v) is 2.37. The van der Waals surface area contributed by atoms with Crippen LogP contribution in [0.1, 0.15) is 18.9 Å². The van der Waals surface area contributed by atoms with Crippen molar-refractivity contribution in [2.75, 3.05) is 13.1 Å². The maximum Gasteiger partial charge on any atom is 0.408 e. The number of nitrogens with one attached hydrogen (secondary N) is 1. The molecular weight excluding hydrogens is 297 g/mol. The highest BCUT2D eigenvalue weighted by Gasteiger charge is 2.45. The summed E-state index contributed by atoms with van der Waals surface area (Å²) in [5.74, 6) is 0. The number of likely N-dealkylation sites (tertiary alicyclic amines) is 1. The molecule has 1 saturated heterocycles. The smallest absolute Gasteiger partial charge is 0.386 e. The Morgan fingerprint density at radius 3 is 2.45 bits per heavy atom. The molecule has 2 N–H and O–H groups in total. The second kappa shape index (κ2) is 6.16. The number of hydrogen-bond acceptors (Lipinski definition) is 2. The van der Waals surface area contributed by atoms with Crippen LogP contribution in [0.5, 0.6) is 0 Å². The van der Waals surface area contributed by atoms with E-state index in [0.29, 0.717) is 12.0 Å². The van der Waals surface area contributed by atoms with Crippen molar-refractivity contribution in [3.05, 3.63) is 35.9 Å². The van der Waals surface area contributed by atoms with Crippen LogP contribution < -0.4 is 5.32 Å². The third-order valence-corrected chi connectivity index (χ3v) is 3.89. The second-order valence-electron chi connectivity index (χ2n) is 5.67. The number of aliphatic hydroxyl groups is 1. The Hall–Kier alpha value is -1.76. The van der Waals surface area contributed by atoms with E-state index in [4.69, 9.17) is 0 Å². The van der Waals surface area contributed by atoms with E-state index in [1.54, 1.807) is 37.3 Å². The van der Waals surface area contributed by atoms with Crippen molar-refractivity contribution >= 4 is 6.03 Å². The van der Waals surface area contributed by atoms with Gasteiger partial charge in [-0.25, -0.2) is 4.79 Å². The topological polar surface area (TPSA) is 52.6 Å². The van der Waals surface area contributed by atoms with Crippen LogP contribution in [-0.2, 0) is 6.42 Å². The molecular formula is C15H19F3N2O2. The number of β-amino-alcohol motifs (C(OH)–C–C–N with tert-alkyl or cyclic N) is 1. The molecule has 1 atom stereocenters. The fraction of sp³-hybridized carbons (Fsp3) is 0.533. The highest BCUT2D eigenvalue weighted by Crippen LogP contribution is 2.26. The Morgan fingerprint density at radius 1 is 1.36 bits per heavy atom. The van der Waals surface area contributed by atoms with Gasteiger partial charge in [0, 0.05) is 6.42 Å².